The van der Waals surface area contributed by atoms with Gasteiger partial charge in [0.05, 0.1) is 6.61 Å². The van der Waals surface area contributed by atoms with Crippen molar-refractivity contribution < 1.29 is 13.9 Å². The minimum absolute atomic E-state index is 0.270. The molecule has 80 valence electrons. The fourth-order valence-corrected chi connectivity index (χ4v) is 1.50. The zero-order chi connectivity index (χ0) is 11.1. The summed E-state index contributed by atoms with van der Waals surface area (Å²) < 4.78 is 17.2. The molecule has 0 bridgehead atoms. The maximum Gasteiger partial charge on any atom is 0.331 e. The van der Waals surface area contributed by atoms with Gasteiger partial charge < -0.3 is 4.74 Å². The Balaban J connectivity index is 2.43. The van der Waals surface area contributed by atoms with Gasteiger partial charge in [-0.25, -0.2) is 9.18 Å². The Morgan fingerprint density at radius 1 is 1.47 bits per heavy atom. The highest BCUT2D eigenvalue weighted by molar-refractivity contribution is 8.02. The summed E-state index contributed by atoms with van der Waals surface area (Å²) in [5, 5.41) is 1.62. The third-order valence-electron chi connectivity index (χ3n) is 1.51. The van der Waals surface area contributed by atoms with E-state index in [-0.39, 0.29) is 11.8 Å². The van der Waals surface area contributed by atoms with Gasteiger partial charge in [0.2, 0.25) is 0 Å². The van der Waals surface area contributed by atoms with Gasteiger partial charge in [-0.15, -0.1) is 0 Å². The van der Waals surface area contributed by atoms with Crippen LogP contribution in [0.25, 0.3) is 0 Å². The topological polar surface area (TPSA) is 26.3 Å². The second-order valence-corrected chi connectivity index (χ2v) is 3.61. The zero-order valence-corrected chi connectivity index (χ0v) is 9.09. The van der Waals surface area contributed by atoms with E-state index < -0.39 is 0 Å². The average molecular weight is 226 g/mol. The predicted octanol–water partition coefficient (Wildman–Crippen LogP) is 2.99. The number of ether oxygens (including phenoxy) is 1. The third kappa shape index (κ3) is 4.65. The van der Waals surface area contributed by atoms with Crippen LogP contribution in [-0.4, -0.2) is 12.6 Å². The lowest BCUT2D eigenvalue weighted by atomic mass is 10.4. The van der Waals surface area contributed by atoms with Gasteiger partial charge in [-0.05, 0) is 36.6 Å². The number of hydrogen-bond donors (Lipinski definition) is 0. The van der Waals surface area contributed by atoms with Crippen LogP contribution in [0.15, 0.2) is 40.6 Å². The summed E-state index contributed by atoms with van der Waals surface area (Å²) in [6, 6.07) is 6.05. The van der Waals surface area contributed by atoms with Crippen molar-refractivity contribution in [3.05, 3.63) is 41.6 Å². The first-order valence-corrected chi connectivity index (χ1v) is 5.36. The van der Waals surface area contributed by atoms with E-state index in [2.05, 4.69) is 0 Å². The maximum absolute atomic E-state index is 12.5. The van der Waals surface area contributed by atoms with E-state index in [1.165, 1.54) is 30.0 Å². The highest BCUT2D eigenvalue weighted by atomic mass is 32.2. The molecule has 1 aromatic carbocycles. The van der Waals surface area contributed by atoms with E-state index >= 15 is 0 Å². The van der Waals surface area contributed by atoms with Crippen LogP contribution in [0.4, 0.5) is 4.39 Å². The van der Waals surface area contributed by atoms with Crippen LogP contribution < -0.4 is 0 Å². The molecule has 0 aliphatic rings. The average Bonchev–Trinajstić information content (AvgIpc) is 2.21. The van der Waals surface area contributed by atoms with Gasteiger partial charge in [-0.1, -0.05) is 11.8 Å². The highest BCUT2D eigenvalue weighted by Gasteiger charge is 1.94. The van der Waals surface area contributed by atoms with E-state index in [1.54, 1.807) is 24.5 Å². The van der Waals surface area contributed by atoms with Gasteiger partial charge in [-0.3, -0.25) is 0 Å². The van der Waals surface area contributed by atoms with E-state index in [4.69, 9.17) is 4.74 Å². The van der Waals surface area contributed by atoms with Crippen molar-refractivity contribution in [2.45, 2.75) is 11.8 Å². The fourth-order valence-electron chi connectivity index (χ4n) is 0.872. The van der Waals surface area contributed by atoms with Crippen LogP contribution in [0.1, 0.15) is 6.92 Å². The maximum atomic E-state index is 12.5. The molecule has 0 amide bonds. The number of thioether (sulfide) groups is 1. The summed E-state index contributed by atoms with van der Waals surface area (Å²) in [4.78, 5) is 11.8. The molecule has 1 aromatic rings. The second kappa shape index (κ2) is 6.24. The standard InChI is InChI=1S/C11H11FO2S/c1-2-14-11(13)7-8-15-10-5-3-9(12)4-6-10/h3-8H,2H2,1H3. The van der Waals surface area contributed by atoms with E-state index in [0.717, 1.165) is 4.90 Å². The van der Waals surface area contributed by atoms with Crippen molar-refractivity contribution in [2.24, 2.45) is 0 Å². The minimum atomic E-state index is -0.368. The Hall–Kier alpha value is -1.29. The summed E-state index contributed by atoms with van der Waals surface area (Å²) in [5.41, 5.74) is 0. The molecule has 0 spiro atoms. The molecular weight excluding hydrogens is 215 g/mol. The summed E-state index contributed by atoms with van der Waals surface area (Å²) in [7, 11) is 0. The third-order valence-corrected chi connectivity index (χ3v) is 2.32. The number of carbonyl (C=O) groups excluding carboxylic acids is 1. The molecule has 0 saturated heterocycles. The van der Waals surface area contributed by atoms with Crippen LogP contribution in [0.2, 0.25) is 0 Å². The summed E-state index contributed by atoms with van der Waals surface area (Å²) in [6.45, 7) is 2.11. The molecule has 1 rings (SSSR count). The summed E-state index contributed by atoms with van der Waals surface area (Å²) >= 11 is 1.34. The van der Waals surface area contributed by atoms with Crippen LogP contribution in [0.3, 0.4) is 0 Å². The van der Waals surface area contributed by atoms with Crippen molar-refractivity contribution in [2.75, 3.05) is 6.61 Å². The number of esters is 1. The van der Waals surface area contributed by atoms with Crippen LogP contribution >= 0.6 is 11.8 Å². The zero-order valence-electron chi connectivity index (χ0n) is 8.27. The lowest BCUT2D eigenvalue weighted by molar-refractivity contribution is -0.137. The Kier molecular flexibility index (Phi) is 4.90. The predicted molar refractivity (Wildman–Crippen MR) is 58.0 cm³/mol. The molecule has 4 heteroatoms. The van der Waals surface area contributed by atoms with Gasteiger partial charge in [0.25, 0.3) is 0 Å². The Labute approximate surface area is 92.1 Å². The molecule has 0 radical (unpaired) electrons. The summed E-state index contributed by atoms with van der Waals surface area (Å²) in [6.07, 6.45) is 1.34. The van der Waals surface area contributed by atoms with E-state index in [1.807, 2.05) is 0 Å². The van der Waals surface area contributed by atoms with Crippen LogP contribution in [-0.2, 0) is 9.53 Å². The number of halogens is 1. The molecular formula is C11H11FO2S. The second-order valence-electron chi connectivity index (χ2n) is 2.63. The van der Waals surface area contributed by atoms with Crippen LogP contribution in [0, 0.1) is 5.82 Å². The smallest absolute Gasteiger partial charge is 0.331 e. The SMILES string of the molecule is CCOC(=O)C=CSc1ccc(F)cc1. The Bertz CT molecular complexity index is 346. The first kappa shape index (κ1) is 11.8. The Morgan fingerprint density at radius 2 is 2.13 bits per heavy atom. The number of carbonyl (C=O) groups is 1. The van der Waals surface area contributed by atoms with Gasteiger partial charge in [0.1, 0.15) is 5.82 Å². The molecule has 15 heavy (non-hydrogen) atoms. The van der Waals surface area contributed by atoms with Crippen molar-refractivity contribution in [1.29, 1.82) is 0 Å². The summed E-state index contributed by atoms with van der Waals surface area (Å²) in [5.74, 6) is -0.638. The van der Waals surface area contributed by atoms with Crippen molar-refractivity contribution >= 4 is 17.7 Å². The van der Waals surface area contributed by atoms with Crippen molar-refractivity contribution in [3.8, 4) is 0 Å². The first-order chi connectivity index (χ1) is 7.22. The molecule has 0 fully saturated rings. The van der Waals surface area contributed by atoms with Gasteiger partial charge in [0.15, 0.2) is 0 Å². The fraction of sp³-hybridized carbons (Fsp3) is 0.182. The molecule has 0 aliphatic heterocycles. The first-order valence-electron chi connectivity index (χ1n) is 4.48. The largest absolute Gasteiger partial charge is 0.463 e. The Morgan fingerprint density at radius 3 is 2.73 bits per heavy atom. The highest BCUT2D eigenvalue weighted by Crippen LogP contribution is 2.18. The van der Waals surface area contributed by atoms with E-state index in [0.29, 0.717) is 6.61 Å². The van der Waals surface area contributed by atoms with Gasteiger partial charge in [0, 0.05) is 11.0 Å². The quantitative estimate of drug-likeness (QED) is 0.448. The molecule has 0 N–H and O–H groups in total. The van der Waals surface area contributed by atoms with Crippen molar-refractivity contribution in [1.82, 2.24) is 0 Å². The number of hydrogen-bond acceptors (Lipinski definition) is 3. The number of benzene rings is 1. The van der Waals surface area contributed by atoms with Gasteiger partial charge >= 0.3 is 5.97 Å². The number of rotatable bonds is 4. The molecule has 0 aromatic heterocycles. The monoisotopic (exact) mass is 226 g/mol. The van der Waals surface area contributed by atoms with E-state index in [9.17, 15) is 9.18 Å². The molecule has 0 unspecified atom stereocenters. The lowest BCUT2D eigenvalue weighted by Crippen LogP contribution is -1.98. The normalized spacial score (nSPS) is 10.5. The molecule has 0 aliphatic carbocycles. The molecule has 2 nitrogen and oxygen atoms in total. The minimum Gasteiger partial charge on any atom is -0.463 e. The van der Waals surface area contributed by atoms with Crippen LogP contribution in [0.5, 0.6) is 0 Å². The lowest BCUT2D eigenvalue weighted by Gasteiger charge is -1.96. The van der Waals surface area contributed by atoms with Gasteiger partial charge in [-0.2, -0.15) is 0 Å². The van der Waals surface area contributed by atoms with Crippen molar-refractivity contribution in [3.63, 3.8) is 0 Å². The molecule has 0 atom stereocenters. The molecule has 0 saturated carbocycles. The molecule has 0 heterocycles.